The van der Waals surface area contributed by atoms with E-state index in [4.69, 9.17) is 4.74 Å². The molecule has 34 heavy (non-hydrogen) atoms. The fraction of sp³-hybridized carbons (Fsp3) is 0.444. The number of nitrogens with one attached hydrogen (secondary N) is 2. The lowest BCUT2D eigenvalue weighted by atomic mass is 9.98. The van der Waals surface area contributed by atoms with Crippen LogP contribution in [-0.2, 0) is 14.3 Å². The average Bonchev–Trinajstić information content (AvgIpc) is 3.13. The van der Waals surface area contributed by atoms with Crippen molar-refractivity contribution >= 4 is 18.0 Å². The van der Waals surface area contributed by atoms with Gasteiger partial charge in [-0.15, -0.1) is 0 Å². The Kier molecular flexibility index (Phi) is 8.68. The molecule has 0 bridgehead atoms. The molecule has 182 valence electrons. The van der Waals surface area contributed by atoms with Crippen LogP contribution in [-0.4, -0.2) is 41.8 Å². The summed E-state index contributed by atoms with van der Waals surface area (Å²) in [6.45, 7) is 5.95. The predicted octanol–water partition coefficient (Wildman–Crippen LogP) is 4.70. The molecule has 0 unspecified atom stereocenters. The van der Waals surface area contributed by atoms with E-state index < -0.39 is 30.1 Å². The Morgan fingerprint density at radius 2 is 1.56 bits per heavy atom. The van der Waals surface area contributed by atoms with Crippen LogP contribution in [0.1, 0.15) is 63.5 Å². The number of carboxylic acid groups (broad SMARTS) is 1. The van der Waals surface area contributed by atoms with Crippen LogP contribution < -0.4 is 10.6 Å². The number of hydrogen-bond donors (Lipinski definition) is 3. The smallest absolute Gasteiger partial charge is 0.407 e. The quantitative estimate of drug-likeness (QED) is 0.445. The standard InChI is InChI=1S/C27H34N2O5/c1-4-5-14-23(26(31)32)28-25(30)15-24(17(2)3)29-27(33)34-16-22-20-12-8-6-10-18(20)19-11-7-9-13-21(19)22/h6-13,17,22-24H,4-5,14-16H2,1-3H3,(H,28,30)(H,29,33)(H,31,32)/t23-,24-/m0/s1. The molecule has 0 saturated heterocycles. The molecule has 1 aliphatic rings. The molecular formula is C27H34N2O5. The van der Waals surface area contributed by atoms with Gasteiger partial charge in [-0.05, 0) is 34.6 Å². The van der Waals surface area contributed by atoms with Gasteiger partial charge in [-0.2, -0.15) is 0 Å². The van der Waals surface area contributed by atoms with Gasteiger partial charge in [0.25, 0.3) is 0 Å². The fourth-order valence-corrected chi connectivity index (χ4v) is 4.36. The Morgan fingerprint density at radius 1 is 0.971 bits per heavy atom. The Hall–Kier alpha value is -3.35. The van der Waals surface area contributed by atoms with Gasteiger partial charge in [-0.3, -0.25) is 4.79 Å². The molecule has 0 fully saturated rings. The minimum absolute atomic E-state index is 0.0161. The zero-order valence-corrected chi connectivity index (χ0v) is 20.0. The van der Waals surface area contributed by atoms with Crippen molar-refractivity contribution in [3.05, 3.63) is 59.7 Å². The topological polar surface area (TPSA) is 105 Å². The summed E-state index contributed by atoms with van der Waals surface area (Å²) in [6.07, 6.45) is 1.33. The number of ether oxygens (including phenoxy) is 1. The van der Waals surface area contributed by atoms with E-state index in [9.17, 15) is 19.5 Å². The molecule has 7 nitrogen and oxygen atoms in total. The average molecular weight is 467 g/mol. The van der Waals surface area contributed by atoms with E-state index in [1.165, 1.54) is 0 Å². The van der Waals surface area contributed by atoms with E-state index >= 15 is 0 Å². The van der Waals surface area contributed by atoms with Crippen LogP contribution >= 0.6 is 0 Å². The molecule has 0 spiro atoms. The number of unbranched alkanes of at least 4 members (excludes halogenated alkanes) is 1. The summed E-state index contributed by atoms with van der Waals surface area (Å²) in [5.74, 6) is -1.53. The first-order chi connectivity index (χ1) is 16.3. The minimum atomic E-state index is -1.05. The largest absolute Gasteiger partial charge is 0.480 e. The van der Waals surface area contributed by atoms with Crippen LogP contribution in [0.4, 0.5) is 4.79 Å². The van der Waals surface area contributed by atoms with Crippen molar-refractivity contribution in [2.24, 2.45) is 5.92 Å². The highest BCUT2D eigenvalue weighted by Gasteiger charge is 2.30. The van der Waals surface area contributed by atoms with Crippen molar-refractivity contribution in [3.8, 4) is 11.1 Å². The number of hydrogen-bond acceptors (Lipinski definition) is 4. The van der Waals surface area contributed by atoms with Gasteiger partial charge >= 0.3 is 12.1 Å². The summed E-state index contributed by atoms with van der Waals surface area (Å²) in [4.78, 5) is 36.5. The van der Waals surface area contributed by atoms with E-state index in [0.29, 0.717) is 12.8 Å². The Balaban J connectivity index is 1.58. The van der Waals surface area contributed by atoms with E-state index in [1.54, 1.807) is 0 Å². The van der Waals surface area contributed by atoms with Crippen LogP contribution in [0.15, 0.2) is 48.5 Å². The zero-order valence-electron chi connectivity index (χ0n) is 20.0. The highest BCUT2D eigenvalue weighted by molar-refractivity contribution is 5.84. The summed E-state index contributed by atoms with van der Waals surface area (Å²) in [5.41, 5.74) is 4.56. The van der Waals surface area contributed by atoms with Crippen LogP contribution in [0, 0.1) is 5.92 Å². The second-order valence-electron chi connectivity index (χ2n) is 9.13. The maximum atomic E-state index is 12.6. The van der Waals surface area contributed by atoms with Gasteiger partial charge in [-0.25, -0.2) is 9.59 Å². The molecule has 3 rings (SSSR count). The molecular weight excluding hydrogens is 432 g/mol. The first-order valence-corrected chi connectivity index (χ1v) is 12.0. The van der Waals surface area contributed by atoms with E-state index in [1.807, 2.05) is 45.0 Å². The summed E-state index contributed by atoms with van der Waals surface area (Å²) >= 11 is 0. The number of fused-ring (bicyclic) bond motifs is 3. The lowest BCUT2D eigenvalue weighted by Crippen LogP contribution is -2.46. The van der Waals surface area contributed by atoms with Gasteiger partial charge in [0, 0.05) is 18.4 Å². The van der Waals surface area contributed by atoms with Crippen molar-refractivity contribution in [1.29, 1.82) is 0 Å². The van der Waals surface area contributed by atoms with Crippen LogP contribution in [0.3, 0.4) is 0 Å². The summed E-state index contributed by atoms with van der Waals surface area (Å²) in [6, 6.07) is 14.8. The van der Waals surface area contributed by atoms with Gasteiger partial charge in [0.05, 0.1) is 0 Å². The van der Waals surface area contributed by atoms with Crippen LogP contribution in [0.25, 0.3) is 11.1 Å². The van der Waals surface area contributed by atoms with E-state index in [0.717, 1.165) is 28.7 Å². The number of benzene rings is 2. The molecule has 2 amide bonds. The molecule has 0 aromatic heterocycles. The number of rotatable bonds is 11. The van der Waals surface area contributed by atoms with Crippen molar-refractivity contribution < 1.29 is 24.2 Å². The first-order valence-electron chi connectivity index (χ1n) is 12.0. The number of alkyl carbamates (subject to hydrolysis) is 1. The zero-order chi connectivity index (χ0) is 24.7. The van der Waals surface area contributed by atoms with Crippen LogP contribution in [0.5, 0.6) is 0 Å². The molecule has 0 heterocycles. The van der Waals surface area contributed by atoms with Gasteiger partial charge in [0.1, 0.15) is 12.6 Å². The SMILES string of the molecule is CCCC[C@H](NC(=O)C[C@H](NC(=O)OCC1c2ccccc2-c2ccccc21)C(C)C)C(=O)O. The van der Waals surface area contributed by atoms with Gasteiger partial charge in [-0.1, -0.05) is 82.1 Å². The third kappa shape index (κ3) is 6.16. The highest BCUT2D eigenvalue weighted by Crippen LogP contribution is 2.44. The molecule has 0 radical (unpaired) electrons. The lowest BCUT2D eigenvalue weighted by Gasteiger charge is -2.23. The van der Waals surface area contributed by atoms with Gasteiger partial charge in [0.15, 0.2) is 0 Å². The second kappa shape index (κ2) is 11.7. The number of carboxylic acids is 1. The second-order valence-corrected chi connectivity index (χ2v) is 9.13. The molecule has 2 aromatic carbocycles. The molecule has 1 aliphatic carbocycles. The number of amides is 2. The third-order valence-corrected chi connectivity index (χ3v) is 6.34. The van der Waals surface area contributed by atoms with Crippen LogP contribution in [0.2, 0.25) is 0 Å². The predicted molar refractivity (Wildman–Crippen MR) is 131 cm³/mol. The van der Waals surface area contributed by atoms with Crippen molar-refractivity contribution in [2.45, 2.75) is 64.5 Å². The van der Waals surface area contributed by atoms with E-state index in [2.05, 4.69) is 34.9 Å². The van der Waals surface area contributed by atoms with Crippen molar-refractivity contribution in [1.82, 2.24) is 10.6 Å². The summed E-state index contributed by atoms with van der Waals surface area (Å²) in [5, 5.41) is 14.7. The Labute approximate surface area is 200 Å². The molecule has 0 saturated carbocycles. The first kappa shape index (κ1) is 25.3. The van der Waals surface area contributed by atoms with Gasteiger partial charge in [0.2, 0.25) is 5.91 Å². The van der Waals surface area contributed by atoms with Crippen molar-refractivity contribution in [2.75, 3.05) is 6.61 Å². The third-order valence-electron chi connectivity index (χ3n) is 6.34. The maximum absolute atomic E-state index is 12.6. The fourth-order valence-electron chi connectivity index (χ4n) is 4.36. The normalized spacial score (nSPS) is 14.1. The Morgan fingerprint density at radius 3 is 2.09 bits per heavy atom. The summed E-state index contributed by atoms with van der Waals surface area (Å²) in [7, 11) is 0. The summed E-state index contributed by atoms with van der Waals surface area (Å²) < 4.78 is 5.60. The number of carbonyl (C=O) groups is 3. The maximum Gasteiger partial charge on any atom is 0.407 e. The minimum Gasteiger partial charge on any atom is -0.480 e. The molecule has 2 atom stereocenters. The number of aliphatic carboxylic acids is 1. The van der Waals surface area contributed by atoms with Gasteiger partial charge < -0.3 is 20.5 Å². The lowest BCUT2D eigenvalue weighted by molar-refractivity contribution is -0.142. The monoisotopic (exact) mass is 466 g/mol. The highest BCUT2D eigenvalue weighted by atomic mass is 16.5. The molecule has 3 N–H and O–H groups in total. The number of carbonyl (C=O) groups excluding carboxylic acids is 2. The molecule has 2 aromatic rings. The molecule has 0 aliphatic heterocycles. The van der Waals surface area contributed by atoms with Crippen molar-refractivity contribution in [3.63, 3.8) is 0 Å². The molecule has 7 heteroatoms. The van der Waals surface area contributed by atoms with E-state index in [-0.39, 0.29) is 24.9 Å². The Bertz CT molecular complexity index is 974.